The molecule has 6 nitrogen and oxygen atoms in total. The molecule has 0 N–H and O–H groups in total. The third-order valence-electron chi connectivity index (χ3n) is 3.58. The Hall–Kier alpha value is -1.85. The molecule has 1 aliphatic rings. The summed E-state index contributed by atoms with van der Waals surface area (Å²) >= 11 is 0. The first-order chi connectivity index (χ1) is 9.65. The Morgan fingerprint density at radius 3 is 2.70 bits per heavy atom. The summed E-state index contributed by atoms with van der Waals surface area (Å²) < 4.78 is 5.96. The van der Waals surface area contributed by atoms with Gasteiger partial charge in [0.1, 0.15) is 6.10 Å². The molecule has 1 saturated heterocycles. The lowest BCUT2D eigenvalue weighted by molar-refractivity contribution is -0.128. The number of carbonyl (C=O) groups excluding carboxylic acids is 1. The second kappa shape index (κ2) is 6.54. The van der Waals surface area contributed by atoms with Gasteiger partial charge in [-0.25, -0.2) is 9.97 Å². The van der Waals surface area contributed by atoms with E-state index < -0.39 is 0 Å². The minimum atomic E-state index is 0.00455. The van der Waals surface area contributed by atoms with Gasteiger partial charge < -0.3 is 14.5 Å². The van der Waals surface area contributed by atoms with E-state index >= 15 is 0 Å². The van der Waals surface area contributed by atoms with Gasteiger partial charge in [0.25, 0.3) is 5.88 Å². The molecule has 1 atom stereocenters. The Kier molecular flexibility index (Phi) is 4.76. The molecule has 1 amide bonds. The highest BCUT2D eigenvalue weighted by Gasteiger charge is 2.27. The normalized spacial score (nSPS) is 18.1. The molecule has 0 saturated carbocycles. The number of amides is 1. The van der Waals surface area contributed by atoms with Crippen molar-refractivity contribution in [2.24, 2.45) is 0 Å². The Morgan fingerprint density at radius 2 is 2.10 bits per heavy atom. The van der Waals surface area contributed by atoms with Crippen molar-refractivity contribution < 1.29 is 9.53 Å². The van der Waals surface area contributed by atoms with Crippen LogP contribution in [-0.2, 0) is 4.79 Å². The number of hydrogen-bond donors (Lipinski definition) is 0. The molecule has 20 heavy (non-hydrogen) atoms. The molecule has 1 unspecified atom stereocenters. The molecule has 110 valence electrons. The highest BCUT2D eigenvalue weighted by Crippen LogP contribution is 2.25. The Morgan fingerprint density at radius 1 is 1.40 bits per heavy atom. The van der Waals surface area contributed by atoms with Gasteiger partial charge in [0.15, 0.2) is 5.82 Å². The summed E-state index contributed by atoms with van der Waals surface area (Å²) in [5, 5.41) is 0. The largest absolute Gasteiger partial charge is 0.470 e. The molecule has 0 bridgehead atoms. The predicted octanol–water partition coefficient (Wildman–Crippen LogP) is 1.32. The van der Waals surface area contributed by atoms with Crippen LogP contribution in [0.2, 0.25) is 0 Å². The van der Waals surface area contributed by atoms with E-state index in [2.05, 4.69) is 28.7 Å². The maximum Gasteiger partial charge on any atom is 0.257 e. The van der Waals surface area contributed by atoms with Gasteiger partial charge >= 0.3 is 0 Å². The van der Waals surface area contributed by atoms with Crippen molar-refractivity contribution in [1.82, 2.24) is 14.9 Å². The highest BCUT2D eigenvalue weighted by atomic mass is 16.5. The van der Waals surface area contributed by atoms with E-state index in [9.17, 15) is 4.79 Å². The average Bonchev–Trinajstić information content (AvgIpc) is 2.91. The van der Waals surface area contributed by atoms with Crippen LogP contribution in [0, 0.1) is 0 Å². The first-order valence-electron chi connectivity index (χ1n) is 7.13. The number of rotatable bonds is 5. The fourth-order valence-corrected chi connectivity index (χ4v) is 2.41. The Bertz CT molecular complexity index is 462. The van der Waals surface area contributed by atoms with Crippen LogP contribution >= 0.6 is 0 Å². The smallest absolute Gasteiger partial charge is 0.257 e. The number of anilines is 1. The molecule has 1 aliphatic heterocycles. The number of ether oxygens (including phenoxy) is 1. The van der Waals surface area contributed by atoms with Gasteiger partial charge in [0.05, 0.1) is 6.54 Å². The summed E-state index contributed by atoms with van der Waals surface area (Å²) in [7, 11) is 0. The lowest BCUT2D eigenvalue weighted by Gasteiger charge is -2.23. The van der Waals surface area contributed by atoms with Gasteiger partial charge in [0, 0.05) is 45.4 Å². The molecule has 2 rings (SSSR count). The monoisotopic (exact) mass is 278 g/mol. The molecule has 0 spiro atoms. The van der Waals surface area contributed by atoms with Crippen LogP contribution in [0.5, 0.6) is 5.88 Å². The van der Waals surface area contributed by atoms with Crippen molar-refractivity contribution >= 4 is 11.7 Å². The van der Waals surface area contributed by atoms with Gasteiger partial charge in [0.2, 0.25) is 5.91 Å². The van der Waals surface area contributed by atoms with Gasteiger partial charge in [-0.05, 0) is 13.8 Å². The molecular weight excluding hydrogens is 256 g/mol. The van der Waals surface area contributed by atoms with E-state index in [0.29, 0.717) is 12.4 Å². The minimum Gasteiger partial charge on any atom is -0.470 e. The third kappa shape index (κ3) is 3.18. The number of hydrogen-bond acceptors (Lipinski definition) is 5. The zero-order valence-corrected chi connectivity index (χ0v) is 12.4. The van der Waals surface area contributed by atoms with Crippen LogP contribution < -0.4 is 9.64 Å². The van der Waals surface area contributed by atoms with E-state index in [1.807, 2.05) is 0 Å². The zero-order chi connectivity index (χ0) is 14.5. The molecule has 2 heterocycles. The van der Waals surface area contributed by atoms with Crippen LogP contribution in [-0.4, -0.2) is 53.1 Å². The maximum atomic E-state index is 11.3. The minimum absolute atomic E-state index is 0.00455. The average molecular weight is 278 g/mol. The second-order valence-electron chi connectivity index (χ2n) is 4.85. The van der Waals surface area contributed by atoms with Crippen molar-refractivity contribution in [3.63, 3.8) is 0 Å². The summed E-state index contributed by atoms with van der Waals surface area (Å²) in [4.78, 5) is 23.9. The quantitative estimate of drug-likeness (QED) is 0.813. The van der Waals surface area contributed by atoms with Crippen LogP contribution in [0.4, 0.5) is 5.82 Å². The van der Waals surface area contributed by atoms with E-state index in [0.717, 1.165) is 31.9 Å². The van der Waals surface area contributed by atoms with Gasteiger partial charge in [-0.1, -0.05) is 0 Å². The fraction of sp³-hybridized carbons (Fsp3) is 0.643. The van der Waals surface area contributed by atoms with Crippen molar-refractivity contribution in [1.29, 1.82) is 0 Å². The third-order valence-corrected chi connectivity index (χ3v) is 3.58. The SMILES string of the molecule is CCN(CC)c1nccnc1OC1CCN(C(C)=O)C1. The zero-order valence-electron chi connectivity index (χ0n) is 12.4. The number of nitrogens with zero attached hydrogens (tertiary/aromatic N) is 4. The highest BCUT2D eigenvalue weighted by molar-refractivity contribution is 5.73. The number of aromatic nitrogens is 2. The molecule has 1 aromatic heterocycles. The maximum absolute atomic E-state index is 11.3. The molecule has 0 aliphatic carbocycles. The summed E-state index contributed by atoms with van der Waals surface area (Å²) in [6.45, 7) is 8.84. The van der Waals surface area contributed by atoms with Crippen LogP contribution in [0.1, 0.15) is 27.2 Å². The molecule has 0 radical (unpaired) electrons. The van der Waals surface area contributed by atoms with Gasteiger partial charge in [-0.3, -0.25) is 4.79 Å². The Balaban J connectivity index is 2.08. The van der Waals surface area contributed by atoms with Crippen LogP contribution in [0.25, 0.3) is 0 Å². The lowest BCUT2D eigenvalue weighted by atomic mass is 10.3. The fourth-order valence-electron chi connectivity index (χ4n) is 2.41. The number of likely N-dealkylation sites (tertiary alicyclic amines) is 1. The molecule has 1 fully saturated rings. The number of carbonyl (C=O) groups is 1. The van der Waals surface area contributed by atoms with Crippen LogP contribution in [0.3, 0.4) is 0 Å². The Labute approximate surface area is 119 Å². The van der Waals surface area contributed by atoms with Crippen molar-refractivity contribution in [3.05, 3.63) is 12.4 Å². The van der Waals surface area contributed by atoms with E-state index in [1.165, 1.54) is 0 Å². The van der Waals surface area contributed by atoms with Crippen LogP contribution in [0.15, 0.2) is 12.4 Å². The molecule has 6 heteroatoms. The summed E-state index contributed by atoms with van der Waals surface area (Å²) in [5.41, 5.74) is 0. The molecule has 1 aromatic rings. The van der Waals surface area contributed by atoms with Crippen molar-refractivity contribution in [2.75, 3.05) is 31.1 Å². The van der Waals surface area contributed by atoms with E-state index in [4.69, 9.17) is 4.74 Å². The molecule has 0 aromatic carbocycles. The first kappa shape index (κ1) is 14.6. The van der Waals surface area contributed by atoms with E-state index in [-0.39, 0.29) is 12.0 Å². The summed E-state index contributed by atoms with van der Waals surface area (Å²) in [6, 6.07) is 0. The van der Waals surface area contributed by atoms with Crippen molar-refractivity contribution in [3.8, 4) is 5.88 Å². The topological polar surface area (TPSA) is 58.6 Å². The van der Waals surface area contributed by atoms with E-state index in [1.54, 1.807) is 24.2 Å². The van der Waals surface area contributed by atoms with Gasteiger partial charge in [-0.2, -0.15) is 0 Å². The first-order valence-corrected chi connectivity index (χ1v) is 7.13. The van der Waals surface area contributed by atoms with Gasteiger partial charge in [-0.15, -0.1) is 0 Å². The predicted molar refractivity (Wildman–Crippen MR) is 76.9 cm³/mol. The standard InChI is InChI=1S/C14H22N4O2/c1-4-17(5-2)13-14(16-8-7-15-13)20-12-6-9-18(10-12)11(3)19/h7-8,12H,4-6,9-10H2,1-3H3. The summed E-state index contributed by atoms with van der Waals surface area (Å²) in [5.74, 6) is 1.43. The van der Waals surface area contributed by atoms with Crippen molar-refractivity contribution in [2.45, 2.75) is 33.3 Å². The molecular formula is C14H22N4O2. The second-order valence-corrected chi connectivity index (χ2v) is 4.85. The summed E-state index contributed by atoms with van der Waals surface area (Å²) in [6.07, 6.45) is 4.16. The lowest BCUT2D eigenvalue weighted by Crippen LogP contribution is -2.30.